The standard InChI is InChI=1S/C19H17F2N3O/c20-15-7-5-13(6-8-15)11-24-10-9-14(12-24)18-22-23-19(25-18)16-3-1-2-4-17(16)21/h1-8,14H,9-12H2/t14-/m0/s1. The van der Waals surface area contributed by atoms with Crippen molar-refractivity contribution < 1.29 is 13.2 Å². The second-order valence-electron chi connectivity index (χ2n) is 6.27. The largest absolute Gasteiger partial charge is 0.420 e. The molecule has 3 aromatic rings. The normalized spacial score (nSPS) is 17.9. The minimum Gasteiger partial charge on any atom is -0.420 e. The van der Waals surface area contributed by atoms with Crippen molar-refractivity contribution in [2.75, 3.05) is 13.1 Å². The van der Waals surface area contributed by atoms with E-state index < -0.39 is 0 Å². The van der Waals surface area contributed by atoms with Gasteiger partial charge in [-0.2, -0.15) is 0 Å². The first-order valence-electron chi connectivity index (χ1n) is 8.24. The van der Waals surface area contributed by atoms with Gasteiger partial charge in [0.15, 0.2) is 0 Å². The van der Waals surface area contributed by atoms with Crippen LogP contribution in [0.25, 0.3) is 11.5 Å². The van der Waals surface area contributed by atoms with Gasteiger partial charge in [-0.25, -0.2) is 8.78 Å². The zero-order valence-corrected chi connectivity index (χ0v) is 13.5. The van der Waals surface area contributed by atoms with Crippen LogP contribution in [0.3, 0.4) is 0 Å². The van der Waals surface area contributed by atoms with E-state index in [-0.39, 0.29) is 23.4 Å². The molecule has 0 amide bonds. The van der Waals surface area contributed by atoms with Crippen molar-refractivity contribution in [3.05, 3.63) is 71.6 Å². The van der Waals surface area contributed by atoms with Crippen LogP contribution in [0.15, 0.2) is 52.9 Å². The van der Waals surface area contributed by atoms with Gasteiger partial charge in [0.1, 0.15) is 11.6 Å². The van der Waals surface area contributed by atoms with E-state index in [1.54, 1.807) is 30.3 Å². The molecule has 0 spiro atoms. The zero-order chi connectivity index (χ0) is 17.2. The molecule has 0 aliphatic carbocycles. The number of halogens is 2. The maximum atomic E-state index is 13.8. The molecule has 4 nitrogen and oxygen atoms in total. The Hall–Kier alpha value is -2.60. The van der Waals surface area contributed by atoms with Crippen LogP contribution in [0.5, 0.6) is 0 Å². The molecule has 0 radical (unpaired) electrons. The summed E-state index contributed by atoms with van der Waals surface area (Å²) in [4.78, 5) is 2.27. The molecule has 1 aliphatic heterocycles. The lowest BCUT2D eigenvalue weighted by Gasteiger charge is -2.15. The van der Waals surface area contributed by atoms with Crippen molar-refractivity contribution in [2.45, 2.75) is 18.9 Å². The van der Waals surface area contributed by atoms with Gasteiger partial charge >= 0.3 is 0 Å². The van der Waals surface area contributed by atoms with Gasteiger partial charge in [0.25, 0.3) is 5.89 Å². The molecular formula is C19H17F2N3O. The summed E-state index contributed by atoms with van der Waals surface area (Å²) in [5, 5.41) is 8.10. The third kappa shape index (κ3) is 3.44. The van der Waals surface area contributed by atoms with Crippen LogP contribution in [0.4, 0.5) is 8.78 Å². The lowest BCUT2D eigenvalue weighted by molar-refractivity contribution is 0.320. The highest BCUT2D eigenvalue weighted by molar-refractivity contribution is 5.53. The molecular weight excluding hydrogens is 324 g/mol. The molecule has 0 N–H and O–H groups in total. The molecule has 1 aromatic heterocycles. The SMILES string of the molecule is Fc1ccc(CN2CC[C@H](c3nnc(-c4ccccc4F)o3)C2)cc1. The molecule has 1 saturated heterocycles. The summed E-state index contributed by atoms with van der Waals surface area (Å²) in [5.41, 5.74) is 1.39. The lowest BCUT2D eigenvalue weighted by atomic mass is 10.1. The van der Waals surface area contributed by atoms with E-state index in [0.717, 1.165) is 31.6 Å². The van der Waals surface area contributed by atoms with Crippen molar-refractivity contribution in [2.24, 2.45) is 0 Å². The fourth-order valence-corrected chi connectivity index (χ4v) is 3.17. The van der Waals surface area contributed by atoms with Crippen molar-refractivity contribution >= 4 is 0 Å². The van der Waals surface area contributed by atoms with E-state index in [0.29, 0.717) is 11.5 Å². The minimum atomic E-state index is -0.373. The number of hydrogen-bond donors (Lipinski definition) is 0. The lowest BCUT2D eigenvalue weighted by Crippen LogP contribution is -2.19. The van der Waals surface area contributed by atoms with Gasteiger partial charge in [-0.05, 0) is 42.8 Å². The Morgan fingerprint density at radius 3 is 2.64 bits per heavy atom. The summed E-state index contributed by atoms with van der Waals surface area (Å²) < 4.78 is 32.5. The number of aromatic nitrogens is 2. The number of benzene rings is 2. The molecule has 25 heavy (non-hydrogen) atoms. The Bertz CT molecular complexity index is 863. The third-order valence-electron chi connectivity index (χ3n) is 4.49. The van der Waals surface area contributed by atoms with Gasteiger partial charge in [0.05, 0.1) is 11.5 Å². The maximum absolute atomic E-state index is 13.8. The Kier molecular flexibility index (Phi) is 4.28. The van der Waals surface area contributed by atoms with Gasteiger partial charge < -0.3 is 4.42 Å². The Morgan fingerprint density at radius 2 is 1.84 bits per heavy atom. The second kappa shape index (κ2) is 6.72. The number of rotatable bonds is 4. The molecule has 0 bridgehead atoms. The molecule has 4 rings (SSSR count). The van der Waals surface area contributed by atoms with Gasteiger partial charge in [0, 0.05) is 13.1 Å². The Balaban J connectivity index is 1.44. The number of hydrogen-bond acceptors (Lipinski definition) is 4. The Morgan fingerprint density at radius 1 is 1.04 bits per heavy atom. The first kappa shape index (κ1) is 15.9. The van der Waals surface area contributed by atoms with E-state index in [2.05, 4.69) is 15.1 Å². The molecule has 128 valence electrons. The van der Waals surface area contributed by atoms with Crippen molar-refractivity contribution in [1.29, 1.82) is 0 Å². The monoisotopic (exact) mass is 341 g/mol. The first-order chi connectivity index (χ1) is 12.2. The van der Waals surface area contributed by atoms with Gasteiger partial charge in [0.2, 0.25) is 5.89 Å². The van der Waals surface area contributed by atoms with Crippen LogP contribution in [-0.2, 0) is 6.54 Å². The quantitative estimate of drug-likeness (QED) is 0.719. The van der Waals surface area contributed by atoms with E-state index in [1.165, 1.54) is 18.2 Å². The van der Waals surface area contributed by atoms with Crippen molar-refractivity contribution in [1.82, 2.24) is 15.1 Å². The van der Waals surface area contributed by atoms with Gasteiger partial charge in [-0.15, -0.1) is 10.2 Å². The molecule has 2 aromatic carbocycles. The van der Waals surface area contributed by atoms with Gasteiger partial charge in [-0.3, -0.25) is 4.90 Å². The van der Waals surface area contributed by atoms with Crippen LogP contribution in [0, 0.1) is 11.6 Å². The molecule has 6 heteroatoms. The number of nitrogens with zero attached hydrogens (tertiary/aromatic N) is 3. The summed E-state index contributed by atoms with van der Waals surface area (Å²) in [6.45, 7) is 2.45. The highest BCUT2D eigenvalue weighted by Gasteiger charge is 2.28. The highest BCUT2D eigenvalue weighted by atomic mass is 19.1. The smallest absolute Gasteiger partial charge is 0.250 e. The topological polar surface area (TPSA) is 42.2 Å². The van der Waals surface area contributed by atoms with E-state index in [9.17, 15) is 8.78 Å². The van der Waals surface area contributed by atoms with Crippen molar-refractivity contribution in [3.8, 4) is 11.5 Å². The van der Waals surface area contributed by atoms with Crippen LogP contribution in [0.2, 0.25) is 0 Å². The fourth-order valence-electron chi connectivity index (χ4n) is 3.17. The molecule has 1 atom stereocenters. The van der Waals surface area contributed by atoms with Crippen LogP contribution in [-0.4, -0.2) is 28.2 Å². The van der Waals surface area contributed by atoms with E-state index >= 15 is 0 Å². The van der Waals surface area contributed by atoms with Crippen LogP contribution < -0.4 is 0 Å². The highest BCUT2D eigenvalue weighted by Crippen LogP contribution is 2.30. The minimum absolute atomic E-state index is 0.133. The molecule has 1 aliphatic rings. The molecule has 0 unspecified atom stereocenters. The molecule has 0 saturated carbocycles. The summed E-state index contributed by atoms with van der Waals surface area (Å²) in [6.07, 6.45) is 0.903. The predicted molar refractivity (Wildman–Crippen MR) is 88.7 cm³/mol. The average molecular weight is 341 g/mol. The Labute approximate surface area is 144 Å². The molecule has 2 heterocycles. The van der Waals surface area contributed by atoms with E-state index in [1.807, 2.05) is 0 Å². The predicted octanol–water partition coefficient (Wildman–Crippen LogP) is 4.00. The number of likely N-dealkylation sites (tertiary alicyclic amines) is 1. The van der Waals surface area contributed by atoms with Gasteiger partial charge in [-0.1, -0.05) is 24.3 Å². The van der Waals surface area contributed by atoms with Crippen LogP contribution in [0.1, 0.15) is 23.8 Å². The fraction of sp³-hybridized carbons (Fsp3) is 0.263. The van der Waals surface area contributed by atoms with Crippen molar-refractivity contribution in [3.63, 3.8) is 0 Å². The second-order valence-corrected chi connectivity index (χ2v) is 6.27. The summed E-state index contributed by atoms with van der Waals surface area (Å²) >= 11 is 0. The maximum Gasteiger partial charge on any atom is 0.250 e. The summed E-state index contributed by atoms with van der Waals surface area (Å²) in [5.74, 6) is 0.287. The first-order valence-corrected chi connectivity index (χ1v) is 8.24. The van der Waals surface area contributed by atoms with Crippen LogP contribution >= 0.6 is 0 Å². The molecule has 1 fully saturated rings. The third-order valence-corrected chi connectivity index (χ3v) is 4.49. The average Bonchev–Trinajstić information content (AvgIpc) is 3.27. The summed E-state index contributed by atoms with van der Waals surface area (Å²) in [7, 11) is 0. The zero-order valence-electron chi connectivity index (χ0n) is 13.5. The van der Waals surface area contributed by atoms with E-state index in [4.69, 9.17) is 4.42 Å². The summed E-state index contributed by atoms with van der Waals surface area (Å²) in [6, 6.07) is 12.9.